The summed E-state index contributed by atoms with van der Waals surface area (Å²) in [6.45, 7) is 2.94. The Balaban J connectivity index is 1.78. The Morgan fingerprint density at radius 2 is 1.83 bits per heavy atom. The number of imide groups is 1. The van der Waals surface area contributed by atoms with Gasteiger partial charge >= 0.3 is 12.2 Å². The maximum absolute atomic E-state index is 13.0. The average Bonchev–Trinajstić information content (AvgIpc) is 3.04. The van der Waals surface area contributed by atoms with E-state index in [-0.39, 0.29) is 17.2 Å². The van der Waals surface area contributed by atoms with Crippen LogP contribution in [0.5, 0.6) is 0 Å². The fraction of sp³-hybridized carbons (Fsp3) is 0.650. The molecule has 2 aliphatic rings. The molecule has 1 aromatic heterocycles. The molecular weight excluding hydrogens is 387 g/mol. The molecule has 0 radical (unpaired) electrons. The molecule has 9 heteroatoms. The number of urea groups is 1. The summed E-state index contributed by atoms with van der Waals surface area (Å²) in [5.74, 6) is -0.973. The van der Waals surface area contributed by atoms with Gasteiger partial charge in [0.1, 0.15) is 12.1 Å². The first-order valence-corrected chi connectivity index (χ1v) is 9.85. The molecule has 3 amide bonds. The number of nitrogens with zero attached hydrogens (tertiary/aromatic N) is 2. The number of aryl methyl sites for hydroxylation is 1. The number of Topliss-reactive ketones (excluding diaryl/α,β-unsaturated/α-hetero) is 1. The maximum atomic E-state index is 13.0. The Hall–Kier alpha value is -2.32. The van der Waals surface area contributed by atoms with Gasteiger partial charge in [-0.05, 0) is 45.6 Å². The van der Waals surface area contributed by atoms with Gasteiger partial charge in [0, 0.05) is 17.0 Å². The summed E-state index contributed by atoms with van der Waals surface area (Å²) in [4.78, 5) is 39.1. The normalized spacial score (nSPS) is 23.6. The number of amides is 3. The standard InChI is InChI=1S/C20H26F3N3O3/c1-12-9-15(13(2)26(12)11-20(21,22)23)16(27)10-25-17(28)19(3,24-18(25)29)14-7-5-4-6-8-14/h9,14H,4-8,10-11H2,1-3H3,(H,24,29). The topological polar surface area (TPSA) is 71.4 Å². The van der Waals surface area contributed by atoms with Crippen LogP contribution in [0.15, 0.2) is 6.07 Å². The Labute approximate surface area is 167 Å². The summed E-state index contributed by atoms with van der Waals surface area (Å²) >= 11 is 0. The van der Waals surface area contributed by atoms with Gasteiger partial charge in [0.15, 0.2) is 5.78 Å². The molecule has 2 fully saturated rings. The molecule has 29 heavy (non-hydrogen) atoms. The summed E-state index contributed by atoms with van der Waals surface area (Å²) < 4.78 is 39.4. The Kier molecular flexibility index (Phi) is 5.53. The number of rotatable bonds is 5. The number of hydrogen-bond acceptors (Lipinski definition) is 3. The molecule has 2 heterocycles. The molecular formula is C20H26F3N3O3. The third-order valence-electron chi connectivity index (χ3n) is 6.24. The van der Waals surface area contributed by atoms with Crippen LogP contribution in [0, 0.1) is 19.8 Å². The predicted molar refractivity (Wildman–Crippen MR) is 99.5 cm³/mol. The van der Waals surface area contributed by atoms with Gasteiger partial charge in [0.2, 0.25) is 0 Å². The quantitative estimate of drug-likeness (QED) is 0.591. The molecule has 3 rings (SSSR count). The molecule has 1 unspecified atom stereocenters. The van der Waals surface area contributed by atoms with Gasteiger partial charge < -0.3 is 9.88 Å². The van der Waals surface area contributed by atoms with Crippen molar-refractivity contribution in [2.45, 2.75) is 71.1 Å². The van der Waals surface area contributed by atoms with Crippen molar-refractivity contribution < 1.29 is 27.6 Å². The first-order chi connectivity index (χ1) is 13.4. The number of halogens is 3. The zero-order valence-corrected chi connectivity index (χ0v) is 16.9. The van der Waals surface area contributed by atoms with E-state index in [0.717, 1.165) is 41.6 Å². The van der Waals surface area contributed by atoms with Crippen molar-refractivity contribution in [3.8, 4) is 0 Å². The van der Waals surface area contributed by atoms with E-state index in [4.69, 9.17) is 0 Å². The predicted octanol–water partition coefficient (Wildman–Crippen LogP) is 3.74. The van der Waals surface area contributed by atoms with Crippen LogP contribution in [0.2, 0.25) is 0 Å². The van der Waals surface area contributed by atoms with Crippen LogP contribution in [0.4, 0.5) is 18.0 Å². The summed E-state index contributed by atoms with van der Waals surface area (Å²) in [5.41, 5.74) is -0.469. The van der Waals surface area contributed by atoms with E-state index in [1.807, 2.05) is 0 Å². The summed E-state index contributed by atoms with van der Waals surface area (Å²) in [6.07, 6.45) is 0.346. The molecule has 1 saturated carbocycles. The number of carbonyl (C=O) groups excluding carboxylic acids is 3. The second-order valence-electron chi connectivity index (χ2n) is 8.27. The zero-order chi connectivity index (χ0) is 21.6. The fourth-order valence-electron chi connectivity index (χ4n) is 4.55. The van der Waals surface area contributed by atoms with E-state index < -0.39 is 42.5 Å². The minimum atomic E-state index is -4.42. The lowest BCUT2D eigenvalue weighted by molar-refractivity contribution is -0.141. The first kappa shape index (κ1) is 21.4. The van der Waals surface area contributed by atoms with Gasteiger partial charge in [0.05, 0.1) is 6.54 Å². The number of aromatic nitrogens is 1. The van der Waals surface area contributed by atoms with E-state index in [2.05, 4.69) is 5.32 Å². The van der Waals surface area contributed by atoms with E-state index in [1.54, 1.807) is 6.92 Å². The third-order valence-corrected chi connectivity index (χ3v) is 6.24. The van der Waals surface area contributed by atoms with Gasteiger partial charge in [-0.15, -0.1) is 0 Å². The number of carbonyl (C=O) groups is 3. The highest BCUT2D eigenvalue weighted by Crippen LogP contribution is 2.36. The molecule has 6 nitrogen and oxygen atoms in total. The lowest BCUT2D eigenvalue weighted by Crippen LogP contribution is -2.51. The number of nitrogens with one attached hydrogen (secondary N) is 1. The number of alkyl halides is 3. The molecule has 0 spiro atoms. The molecule has 160 valence electrons. The Morgan fingerprint density at radius 1 is 1.21 bits per heavy atom. The van der Waals surface area contributed by atoms with Crippen LogP contribution in [-0.4, -0.2) is 45.4 Å². The van der Waals surface area contributed by atoms with E-state index in [0.29, 0.717) is 5.69 Å². The van der Waals surface area contributed by atoms with Gasteiger partial charge in [0.25, 0.3) is 5.91 Å². The van der Waals surface area contributed by atoms with Crippen molar-refractivity contribution in [2.24, 2.45) is 5.92 Å². The number of hydrogen-bond donors (Lipinski definition) is 1. The van der Waals surface area contributed by atoms with Gasteiger partial charge in [-0.3, -0.25) is 14.5 Å². The van der Waals surface area contributed by atoms with Gasteiger partial charge in [-0.1, -0.05) is 19.3 Å². The van der Waals surface area contributed by atoms with Crippen LogP contribution in [0.1, 0.15) is 60.8 Å². The van der Waals surface area contributed by atoms with Crippen molar-refractivity contribution in [2.75, 3.05) is 6.54 Å². The van der Waals surface area contributed by atoms with Crippen LogP contribution in [0.3, 0.4) is 0 Å². The maximum Gasteiger partial charge on any atom is 0.406 e. The SMILES string of the molecule is Cc1cc(C(=O)CN2C(=O)NC(C)(C3CCCCC3)C2=O)c(C)n1CC(F)(F)F. The minimum Gasteiger partial charge on any atom is -0.339 e. The van der Waals surface area contributed by atoms with Crippen LogP contribution in [-0.2, 0) is 11.3 Å². The molecule has 0 bridgehead atoms. The lowest BCUT2D eigenvalue weighted by Gasteiger charge is -2.34. The van der Waals surface area contributed by atoms with Crippen molar-refractivity contribution in [1.82, 2.24) is 14.8 Å². The molecule has 1 atom stereocenters. The van der Waals surface area contributed by atoms with Crippen LogP contribution in [0.25, 0.3) is 0 Å². The van der Waals surface area contributed by atoms with Crippen LogP contribution >= 0.6 is 0 Å². The van der Waals surface area contributed by atoms with E-state index in [1.165, 1.54) is 19.9 Å². The van der Waals surface area contributed by atoms with E-state index >= 15 is 0 Å². The Bertz CT molecular complexity index is 840. The molecule has 1 aliphatic heterocycles. The highest BCUT2D eigenvalue weighted by molar-refractivity contribution is 6.11. The highest BCUT2D eigenvalue weighted by Gasteiger charge is 2.52. The highest BCUT2D eigenvalue weighted by atomic mass is 19.4. The summed E-state index contributed by atoms with van der Waals surface area (Å²) in [7, 11) is 0. The van der Waals surface area contributed by atoms with Crippen molar-refractivity contribution in [3.63, 3.8) is 0 Å². The molecule has 1 aromatic rings. The summed E-state index contributed by atoms with van der Waals surface area (Å²) in [5, 5.41) is 2.75. The largest absolute Gasteiger partial charge is 0.406 e. The second-order valence-corrected chi connectivity index (χ2v) is 8.27. The smallest absolute Gasteiger partial charge is 0.339 e. The molecule has 0 aromatic carbocycles. The lowest BCUT2D eigenvalue weighted by atomic mass is 9.75. The monoisotopic (exact) mass is 413 g/mol. The Morgan fingerprint density at radius 3 is 2.41 bits per heavy atom. The summed E-state index contributed by atoms with van der Waals surface area (Å²) in [6, 6.07) is 0.753. The number of ketones is 1. The zero-order valence-electron chi connectivity index (χ0n) is 16.9. The van der Waals surface area contributed by atoms with Gasteiger partial charge in [-0.25, -0.2) is 4.79 Å². The van der Waals surface area contributed by atoms with E-state index in [9.17, 15) is 27.6 Å². The minimum absolute atomic E-state index is 0.0182. The average molecular weight is 413 g/mol. The van der Waals surface area contributed by atoms with Crippen molar-refractivity contribution >= 4 is 17.7 Å². The fourth-order valence-corrected chi connectivity index (χ4v) is 4.55. The van der Waals surface area contributed by atoms with Crippen molar-refractivity contribution in [3.05, 3.63) is 23.0 Å². The second kappa shape index (κ2) is 7.50. The third kappa shape index (κ3) is 4.04. The molecule has 1 N–H and O–H groups in total. The van der Waals surface area contributed by atoms with Gasteiger partial charge in [-0.2, -0.15) is 13.2 Å². The van der Waals surface area contributed by atoms with Crippen molar-refractivity contribution in [1.29, 1.82) is 0 Å². The van der Waals surface area contributed by atoms with Crippen LogP contribution < -0.4 is 5.32 Å². The molecule has 1 saturated heterocycles. The molecule has 1 aliphatic carbocycles. The first-order valence-electron chi connectivity index (χ1n) is 9.85.